The molecule has 128 valence electrons. The third-order valence-corrected chi connectivity index (χ3v) is 4.19. The summed E-state index contributed by atoms with van der Waals surface area (Å²) in [6.45, 7) is 0.888. The molecule has 0 radical (unpaired) electrons. The second kappa shape index (κ2) is 9.72. The molecule has 24 heavy (non-hydrogen) atoms. The van der Waals surface area contributed by atoms with Crippen molar-refractivity contribution in [3.8, 4) is 17.2 Å². The second-order valence-electron chi connectivity index (χ2n) is 4.84. The fourth-order valence-electron chi connectivity index (χ4n) is 1.90. The van der Waals surface area contributed by atoms with E-state index in [-0.39, 0.29) is 5.91 Å². The number of hydrogen-bond donors (Lipinski definition) is 1. The maximum Gasteiger partial charge on any atom is 0.230 e. The van der Waals surface area contributed by atoms with E-state index >= 15 is 0 Å². The molecule has 2 aromatic rings. The molecular formula is C18H21NO4S. The van der Waals surface area contributed by atoms with Crippen molar-refractivity contribution in [3.05, 3.63) is 48.5 Å². The van der Waals surface area contributed by atoms with Crippen molar-refractivity contribution in [1.29, 1.82) is 0 Å². The molecular weight excluding hydrogens is 326 g/mol. The van der Waals surface area contributed by atoms with Gasteiger partial charge in [0.25, 0.3) is 0 Å². The molecule has 0 unspecified atom stereocenters. The molecule has 6 heteroatoms. The number of nitrogens with one attached hydrogen (secondary N) is 1. The summed E-state index contributed by atoms with van der Waals surface area (Å²) in [5.74, 6) is 2.69. The third-order valence-electron chi connectivity index (χ3n) is 3.18. The summed E-state index contributed by atoms with van der Waals surface area (Å²) < 4.78 is 15.7. The van der Waals surface area contributed by atoms with Gasteiger partial charge in [0.2, 0.25) is 5.91 Å². The van der Waals surface area contributed by atoms with Gasteiger partial charge in [0.1, 0.15) is 23.9 Å². The van der Waals surface area contributed by atoms with E-state index in [0.29, 0.717) is 18.9 Å². The number of hydrogen-bond acceptors (Lipinski definition) is 5. The largest absolute Gasteiger partial charge is 0.497 e. The maximum absolute atomic E-state index is 11.8. The lowest BCUT2D eigenvalue weighted by Crippen LogP contribution is -2.29. The summed E-state index contributed by atoms with van der Waals surface area (Å²) in [5, 5.41) is 2.83. The van der Waals surface area contributed by atoms with Crippen LogP contribution in [-0.2, 0) is 4.79 Å². The quantitative estimate of drug-likeness (QED) is 0.558. The van der Waals surface area contributed by atoms with Gasteiger partial charge in [-0.05, 0) is 48.5 Å². The number of ether oxygens (including phenoxy) is 3. The molecule has 2 rings (SSSR count). The van der Waals surface area contributed by atoms with Gasteiger partial charge in [-0.3, -0.25) is 4.79 Å². The van der Waals surface area contributed by atoms with Gasteiger partial charge in [-0.2, -0.15) is 0 Å². The standard InChI is InChI=1S/C18H21NO4S/c1-21-14-3-5-16(6-4-14)23-12-11-19-18(20)13-24-17-9-7-15(22-2)8-10-17/h3-10H,11-13H2,1-2H3,(H,19,20). The van der Waals surface area contributed by atoms with Crippen molar-refractivity contribution in [1.82, 2.24) is 5.32 Å². The monoisotopic (exact) mass is 347 g/mol. The Kier molecular flexibility index (Phi) is 7.29. The van der Waals surface area contributed by atoms with Gasteiger partial charge in [-0.1, -0.05) is 0 Å². The highest BCUT2D eigenvalue weighted by Gasteiger charge is 2.03. The van der Waals surface area contributed by atoms with Gasteiger partial charge in [0, 0.05) is 4.90 Å². The topological polar surface area (TPSA) is 56.8 Å². The van der Waals surface area contributed by atoms with Crippen molar-refractivity contribution >= 4 is 17.7 Å². The van der Waals surface area contributed by atoms with Gasteiger partial charge in [-0.25, -0.2) is 0 Å². The predicted octanol–water partition coefficient (Wildman–Crippen LogP) is 2.99. The number of carbonyl (C=O) groups is 1. The van der Waals surface area contributed by atoms with Crippen LogP contribution in [0.3, 0.4) is 0 Å². The number of methoxy groups -OCH3 is 2. The first-order valence-corrected chi connectivity index (χ1v) is 8.50. The zero-order valence-corrected chi connectivity index (χ0v) is 14.6. The smallest absolute Gasteiger partial charge is 0.230 e. The molecule has 0 bridgehead atoms. The van der Waals surface area contributed by atoms with Crippen molar-refractivity contribution in [2.45, 2.75) is 4.90 Å². The molecule has 1 amide bonds. The molecule has 2 aromatic carbocycles. The van der Waals surface area contributed by atoms with Crippen molar-refractivity contribution in [3.63, 3.8) is 0 Å². The Hall–Kier alpha value is -2.34. The molecule has 0 aromatic heterocycles. The highest BCUT2D eigenvalue weighted by atomic mass is 32.2. The van der Waals surface area contributed by atoms with E-state index in [0.717, 1.165) is 22.1 Å². The predicted molar refractivity (Wildman–Crippen MR) is 95.2 cm³/mol. The molecule has 0 atom stereocenters. The lowest BCUT2D eigenvalue weighted by atomic mass is 10.3. The van der Waals surface area contributed by atoms with Gasteiger partial charge in [0.05, 0.1) is 26.5 Å². The van der Waals surface area contributed by atoms with Crippen LogP contribution in [0.5, 0.6) is 17.2 Å². The van der Waals surface area contributed by atoms with Crippen LogP contribution in [0.25, 0.3) is 0 Å². The van der Waals surface area contributed by atoms with Gasteiger partial charge in [-0.15, -0.1) is 11.8 Å². The van der Waals surface area contributed by atoms with Crippen molar-refractivity contribution in [2.75, 3.05) is 33.1 Å². The molecule has 0 spiro atoms. The number of carbonyl (C=O) groups excluding carboxylic acids is 1. The summed E-state index contributed by atoms with van der Waals surface area (Å²) in [6.07, 6.45) is 0. The summed E-state index contributed by atoms with van der Waals surface area (Å²) in [5.41, 5.74) is 0. The number of rotatable bonds is 9. The second-order valence-corrected chi connectivity index (χ2v) is 5.89. The Bertz CT molecular complexity index is 628. The first kappa shape index (κ1) is 18.0. The summed E-state index contributed by atoms with van der Waals surface area (Å²) in [4.78, 5) is 12.8. The fourth-order valence-corrected chi connectivity index (χ4v) is 2.63. The molecule has 0 heterocycles. The summed E-state index contributed by atoms with van der Waals surface area (Å²) in [6, 6.07) is 15.0. The molecule has 5 nitrogen and oxygen atoms in total. The Morgan fingerprint density at radius 3 is 2.04 bits per heavy atom. The van der Waals surface area contributed by atoms with E-state index < -0.39 is 0 Å². The van der Waals surface area contributed by atoms with E-state index in [1.54, 1.807) is 14.2 Å². The maximum atomic E-state index is 11.8. The van der Waals surface area contributed by atoms with Crippen molar-refractivity contribution in [2.24, 2.45) is 0 Å². The lowest BCUT2D eigenvalue weighted by Gasteiger charge is -2.08. The summed E-state index contributed by atoms with van der Waals surface area (Å²) in [7, 11) is 3.25. The van der Waals surface area contributed by atoms with E-state index in [4.69, 9.17) is 14.2 Å². The Morgan fingerprint density at radius 2 is 1.46 bits per heavy atom. The molecule has 1 N–H and O–H groups in total. The van der Waals surface area contributed by atoms with E-state index in [1.165, 1.54) is 11.8 Å². The molecule has 0 fully saturated rings. The van der Waals surface area contributed by atoms with Gasteiger partial charge < -0.3 is 19.5 Å². The van der Waals surface area contributed by atoms with Gasteiger partial charge >= 0.3 is 0 Å². The van der Waals surface area contributed by atoms with E-state index in [2.05, 4.69) is 5.32 Å². The minimum atomic E-state index is -0.0193. The van der Waals surface area contributed by atoms with E-state index in [9.17, 15) is 4.79 Å². The highest BCUT2D eigenvalue weighted by Crippen LogP contribution is 2.21. The zero-order chi connectivity index (χ0) is 17.2. The minimum absolute atomic E-state index is 0.0193. The first-order valence-electron chi connectivity index (χ1n) is 7.51. The Balaban J connectivity index is 1.62. The Labute approximate surface area is 146 Å². The van der Waals surface area contributed by atoms with Crippen LogP contribution in [0, 0.1) is 0 Å². The normalized spacial score (nSPS) is 10.1. The molecule has 0 saturated heterocycles. The number of amides is 1. The van der Waals surface area contributed by atoms with Crippen LogP contribution in [-0.4, -0.2) is 39.0 Å². The van der Waals surface area contributed by atoms with Crippen LogP contribution in [0.4, 0.5) is 0 Å². The highest BCUT2D eigenvalue weighted by molar-refractivity contribution is 8.00. The average Bonchev–Trinajstić information content (AvgIpc) is 2.64. The molecule has 0 saturated carbocycles. The minimum Gasteiger partial charge on any atom is -0.497 e. The fraction of sp³-hybridized carbons (Fsp3) is 0.278. The van der Waals surface area contributed by atoms with Gasteiger partial charge in [0.15, 0.2) is 0 Å². The van der Waals surface area contributed by atoms with Crippen molar-refractivity contribution < 1.29 is 19.0 Å². The Morgan fingerprint density at radius 1 is 0.917 bits per heavy atom. The van der Waals surface area contributed by atoms with Crippen LogP contribution >= 0.6 is 11.8 Å². The van der Waals surface area contributed by atoms with Crippen LogP contribution < -0.4 is 19.5 Å². The first-order chi connectivity index (χ1) is 11.7. The molecule has 0 aliphatic rings. The lowest BCUT2D eigenvalue weighted by molar-refractivity contribution is -0.118. The van der Waals surface area contributed by atoms with Crippen LogP contribution in [0.2, 0.25) is 0 Å². The summed E-state index contributed by atoms with van der Waals surface area (Å²) >= 11 is 1.48. The molecule has 0 aliphatic carbocycles. The van der Waals surface area contributed by atoms with E-state index in [1.807, 2.05) is 48.5 Å². The van der Waals surface area contributed by atoms with Crippen LogP contribution in [0.1, 0.15) is 0 Å². The zero-order valence-electron chi connectivity index (χ0n) is 13.8. The molecule has 0 aliphatic heterocycles. The third kappa shape index (κ3) is 6.04. The van der Waals surface area contributed by atoms with Crippen LogP contribution in [0.15, 0.2) is 53.4 Å². The number of thioether (sulfide) groups is 1. The SMILES string of the molecule is COc1ccc(OCCNC(=O)CSc2ccc(OC)cc2)cc1. The average molecular weight is 347 g/mol. The number of benzene rings is 2.